The number of pyridine rings is 1. The molecule has 0 atom stereocenters. The van der Waals surface area contributed by atoms with E-state index in [0.29, 0.717) is 18.8 Å². The van der Waals surface area contributed by atoms with Crippen molar-refractivity contribution in [2.24, 2.45) is 0 Å². The quantitative estimate of drug-likeness (QED) is 0.789. The van der Waals surface area contributed by atoms with E-state index in [-0.39, 0.29) is 5.91 Å². The summed E-state index contributed by atoms with van der Waals surface area (Å²) in [5.74, 6) is -0.0484. The van der Waals surface area contributed by atoms with Gasteiger partial charge in [0.15, 0.2) is 0 Å². The Balaban J connectivity index is 1.57. The van der Waals surface area contributed by atoms with Crippen molar-refractivity contribution in [2.75, 3.05) is 0 Å². The molecule has 5 heteroatoms. The molecule has 0 bridgehead atoms. The van der Waals surface area contributed by atoms with Crippen LogP contribution in [-0.2, 0) is 13.1 Å². The number of hydrogen-bond acceptors (Lipinski definition) is 3. The normalized spacial score (nSPS) is 13.2. The van der Waals surface area contributed by atoms with Crippen molar-refractivity contribution in [3.05, 3.63) is 71.7 Å². The molecule has 5 nitrogen and oxygen atoms in total. The van der Waals surface area contributed by atoms with Gasteiger partial charge in [-0.2, -0.15) is 5.10 Å². The fourth-order valence-electron chi connectivity index (χ4n) is 2.70. The predicted molar refractivity (Wildman–Crippen MR) is 81.8 cm³/mol. The van der Waals surface area contributed by atoms with Gasteiger partial charge in [-0.05, 0) is 17.7 Å². The minimum Gasteiger partial charge on any atom is -0.327 e. The van der Waals surface area contributed by atoms with E-state index in [9.17, 15) is 4.79 Å². The van der Waals surface area contributed by atoms with Crippen LogP contribution in [0.25, 0.3) is 11.3 Å². The number of nitrogens with one attached hydrogen (secondary N) is 1. The Labute approximate surface area is 127 Å². The van der Waals surface area contributed by atoms with Crippen molar-refractivity contribution in [3.63, 3.8) is 0 Å². The Morgan fingerprint density at radius 1 is 1.09 bits per heavy atom. The summed E-state index contributed by atoms with van der Waals surface area (Å²) < 4.78 is 0. The molecule has 1 aliphatic heterocycles. The number of amides is 1. The molecule has 0 aliphatic carbocycles. The van der Waals surface area contributed by atoms with Crippen molar-refractivity contribution < 1.29 is 4.79 Å². The third kappa shape index (κ3) is 2.16. The van der Waals surface area contributed by atoms with E-state index in [0.717, 1.165) is 22.5 Å². The summed E-state index contributed by atoms with van der Waals surface area (Å²) in [6.07, 6.45) is 1.76. The number of aromatic nitrogens is 3. The van der Waals surface area contributed by atoms with E-state index >= 15 is 0 Å². The summed E-state index contributed by atoms with van der Waals surface area (Å²) in [5.41, 5.74) is 4.35. The number of hydrogen-bond donors (Lipinski definition) is 1. The second-order valence-corrected chi connectivity index (χ2v) is 5.30. The third-order valence-corrected chi connectivity index (χ3v) is 3.85. The predicted octanol–water partition coefficient (Wildman–Crippen LogP) is 2.63. The molecule has 1 amide bonds. The molecule has 0 saturated carbocycles. The second kappa shape index (κ2) is 5.11. The molecule has 0 unspecified atom stereocenters. The molecular weight excluding hydrogens is 276 g/mol. The highest BCUT2D eigenvalue weighted by Crippen LogP contribution is 2.23. The molecule has 1 aromatic carbocycles. The molecule has 0 saturated heterocycles. The number of carbonyl (C=O) groups excluding carboxylic acids is 1. The van der Waals surface area contributed by atoms with Crippen molar-refractivity contribution in [2.45, 2.75) is 13.1 Å². The molecule has 0 fully saturated rings. The van der Waals surface area contributed by atoms with Crippen LogP contribution >= 0.6 is 0 Å². The van der Waals surface area contributed by atoms with E-state index in [1.54, 1.807) is 17.2 Å². The first kappa shape index (κ1) is 12.8. The highest BCUT2D eigenvalue weighted by atomic mass is 16.2. The first-order valence-corrected chi connectivity index (χ1v) is 7.14. The summed E-state index contributed by atoms with van der Waals surface area (Å²) >= 11 is 0. The molecule has 108 valence electrons. The molecule has 3 aromatic rings. The zero-order valence-corrected chi connectivity index (χ0v) is 11.9. The largest absolute Gasteiger partial charge is 0.327 e. The monoisotopic (exact) mass is 290 g/mol. The van der Waals surface area contributed by atoms with Crippen LogP contribution in [0.3, 0.4) is 0 Å². The van der Waals surface area contributed by atoms with Gasteiger partial charge in [-0.15, -0.1) is 0 Å². The molecule has 2 aromatic heterocycles. The average Bonchev–Trinajstić information content (AvgIpc) is 3.22. The van der Waals surface area contributed by atoms with Crippen molar-refractivity contribution in [1.82, 2.24) is 20.1 Å². The van der Waals surface area contributed by atoms with Crippen molar-refractivity contribution in [1.29, 1.82) is 0 Å². The van der Waals surface area contributed by atoms with Gasteiger partial charge in [0.1, 0.15) is 5.69 Å². The lowest BCUT2D eigenvalue weighted by Crippen LogP contribution is -2.25. The maximum absolute atomic E-state index is 12.6. The van der Waals surface area contributed by atoms with Crippen LogP contribution in [0.4, 0.5) is 0 Å². The number of aromatic amines is 1. The first-order valence-electron chi connectivity index (χ1n) is 7.14. The molecule has 1 aliphatic rings. The van der Waals surface area contributed by atoms with Crippen molar-refractivity contribution in [3.8, 4) is 11.3 Å². The highest BCUT2D eigenvalue weighted by molar-refractivity contribution is 5.93. The minimum absolute atomic E-state index is 0.0484. The standard InChI is InChI=1S/C17H14N4O/c22-17(21-10-13-7-4-8-18-16(13)11-21)15-9-14(19-20-15)12-5-2-1-3-6-12/h1-9H,10-11H2,(H,19,20). The molecule has 0 radical (unpaired) electrons. The van der Waals surface area contributed by atoms with E-state index in [2.05, 4.69) is 15.2 Å². The van der Waals surface area contributed by atoms with Crippen molar-refractivity contribution >= 4 is 5.91 Å². The Morgan fingerprint density at radius 2 is 1.95 bits per heavy atom. The topological polar surface area (TPSA) is 61.9 Å². The van der Waals surface area contributed by atoms with Gasteiger partial charge in [-0.25, -0.2) is 0 Å². The van der Waals surface area contributed by atoms with Crippen LogP contribution < -0.4 is 0 Å². The lowest BCUT2D eigenvalue weighted by atomic mass is 10.1. The lowest BCUT2D eigenvalue weighted by Gasteiger charge is -2.13. The summed E-state index contributed by atoms with van der Waals surface area (Å²) in [6.45, 7) is 1.15. The summed E-state index contributed by atoms with van der Waals surface area (Å²) in [4.78, 5) is 18.7. The van der Waals surface area contributed by atoms with Gasteiger partial charge in [0, 0.05) is 18.3 Å². The maximum Gasteiger partial charge on any atom is 0.272 e. The average molecular weight is 290 g/mol. The SMILES string of the molecule is O=C(c1cc(-c2ccccc2)n[nH]1)N1Cc2cccnc2C1. The molecular formula is C17H14N4O. The second-order valence-electron chi connectivity index (χ2n) is 5.30. The van der Waals surface area contributed by atoms with Crippen LogP contribution in [0.2, 0.25) is 0 Å². The number of carbonyl (C=O) groups is 1. The summed E-state index contributed by atoms with van der Waals surface area (Å²) in [7, 11) is 0. The summed E-state index contributed by atoms with van der Waals surface area (Å²) in [6, 6.07) is 15.5. The highest BCUT2D eigenvalue weighted by Gasteiger charge is 2.26. The van der Waals surface area contributed by atoms with Gasteiger partial charge < -0.3 is 4.90 Å². The molecule has 0 spiro atoms. The van der Waals surface area contributed by atoms with Gasteiger partial charge in [0.05, 0.1) is 17.9 Å². The molecule has 1 N–H and O–H groups in total. The fraction of sp³-hybridized carbons (Fsp3) is 0.118. The van der Waals surface area contributed by atoms with Gasteiger partial charge in [-0.3, -0.25) is 14.9 Å². The zero-order valence-electron chi connectivity index (χ0n) is 11.9. The van der Waals surface area contributed by atoms with Gasteiger partial charge in [0.2, 0.25) is 0 Å². The van der Waals surface area contributed by atoms with Crippen LogP contribution in [0.1, 0.15) is 21.7 Å². The van der Waals surface area contributed by atoms with Gasteiger partial charge in [-0.1, -0.05) is 36.4 Å². The van der Waals surface area contributed by atoms with Gasteiger partial charge >= 0.3 is 0 Å². The number of rotatable bonds is 2. The number of benzene rings is 1. The lowest BCUT2D eigenvalue weighted by molar-refractivity contribution is 0.0744. The fourth-order valence-corrected chi connectivity index (χ4v) is 2.70. The summed E-state index contributed by atoms with van der Waals surface area (Å²) in [5, 5.41) is 7.09. The van der Waals surface area contributed by atoms with Crippen LogP contribution in [0.5, 0.6) is 0 Å². The maximum atomic E-state index is 12.6. The Bertz CT molecular complexity index is 800. The molecule has 4 rings (SSSR count). The Kier molecular flexibility index (Phi) is 2.96. The van der Waals surface area contributed by atoms with E-state index < -0.39 is 0 Å². The first-order chi connectivity index (χ1) is 10.8. The molecule has 22 heavy (non-hydrogen) atoms. The van der Waals surface area contributed by atoms with Crippen LogP contribution in [-0.4, -0.2) is 26.0 Å². The van der Waals surface area contributed by atoms with E-state index in [1.807, 2.05) is 42.5 Å². The van der Waals surface area contributed by atoms with Crippen LogP contribution in [0.15, 0.2) is 54.7 Å². The zero-order chi connectivity index (χ0) is 14.9. The number of H-pyrrole nitrogens is 1. The number of fused-ring (bicyclic) bond motifs is 1. The van der Waals surface area contributed by atoms with Gasteiger partial charge in [0.25, 0.3) is 5.91 Å². The molecule has 3 heterocycles. The number of nitrogens with zero attached hydrogens (tertiary/aromatic N) is 3. The van der Waals surface area contributed by atoms with E-state index in [1.165, 1.54) is 0 Å². The van der Waals surface area contributed by atoms with Crippen LogP contribution in [0, 0.1) is 0 Å². The Morgan fingerprint density at radius 3 is 2.77 bits per heavy atom. The smallest absolute Gasteiger partial charge is 0.272 e. The Hall–Kier alpha value is -2.95. The van der Waals surface area contributed by atoms with E-state index in [4.69, 9.17) is 0 Å². The minimum atomic E-state index is -0.0484. The third-order valence-electron chi connectivity index (χ3n) is 3.85.